The number of benzene rings is 1. The van der Waals surface area contributed by atoms with Crippen molar-refractivity contribution in [2.24, 2.45) is 5.92 Å². The first-order chi connectivity index (χ1) is 14.0. The molecule has 0 N–H and O–H groups in total. The van der Waals surface area contributed by atoms with Crippen LogP contribution in [0.4, 0.5) is 0 Å². The summed E-state index contributed by atoms with van der Waals surface area (Å²) in [5.74, 6) is 0.727. The molecule has 3 aliphatic rings. The van der Waals surface area contributed by atoms with Gasteiger partial charge in [0.1, 0.15) is 0 Å². The van der Waals surface area contributed by atoms with Gasteiger partial charge in [-0.25, -0.2) is 8.42 Å². The van der Waals surface area contributed by atoms with E-state index < -0.39 is 10.0 Å². The normalized spacial score (nSPS) is 21.8. The van der Waals surface area contributed by atoms with Gasteiger partial charge >= 0.3 is 0 Å². The quantitative estimate of drug-likeness (QED) is 0.650. The summed E-state index contributed by atoms with van der Waals surface area (Å²) in [6, 6.07) is 8.59. The molecule has 1 aromatic rings. The van der Waals surface area contributed by atoms with Crippen LogP contribution in [0.5, 0.6) is 0 Å². The number of carbonyl (C=O) groups is 1. The van der Waals surface area contributed by atoms with Crippen molar-refractivity contribution in [3.05, 3.63) is 30.3 Å². The highest BCUT2D eigenvalue weighted by atomic mass is 32.2. The van der Waals surface area contributed by atoms with Crippen molar-refractivity contribution in [1.29, 1.82) is 0 Å². The van der Waals surface area contributed by atoms with E-state index in [-0.39, 0.29) is 11.9 Å². The Morgan fingerprint density at radius 2 is 1.66 bits per heavy atom. The molecule has 160 valence electrons. The summed E-state index contributed by atoms with van der Waals surface area (Å²) in [4.78, 5) is 17.1. The lowest BCUT2D eigenvalue weighted by Gasteiger charge is -2.45. The zero-order chi connectivity index (χ0) is 20.3. The highest BCUT2D eigenvalue weighted by Crippen LogP contribution is 2.30. The van der Waals surface area contributed by atoms with Gasteiger partial charge in [-0.15, -0.1) is 0 Å². The second-order valence-corrected chi connectivity index (χ2v) is 10.7. The Balaban J connectivity index is 1.41. The van der Waals surface area contributed by atoms with Gasteiger partial charge in [-0.1, -0.05) is 31.0 Å². The maximum absolute atomic E-state index is 13.3. The van der Waals surface area contributed by atoms with Gasteiger partial charge in [0.05, 0.1) is 10.9 Å². The van der Waals surface area contributed by atoms with E-state index in [1.807, 2.05) is 11.0 Å². The minimum atomic E-state index is -3.56. The molecule has 3 fully saturated rings. The van der Waals surface area contributed by atoms with Gasteiger partial charge < -0.3 is 9.80 Å². The van der Waals surface area contributed by atoms with Gasteiger partial charge in [0.25, 0.3) is 0 Å². The van der Waals surface area contributed by atoms with E-state index in [2.05, 4.69) is 4.90 Å². The molecule has 2 aliphatic heterocycles. The fourth-order valence-electron chi connectivity index (χ4n) is 4.90. The molecule has 0 radical (unpaired) electrons. The number of nitrogens with zero attached hydrogens (tertiary/aromatic N) is 3. The van der Waals surface area contributed by atoms with Crippen molar-refractivity contribution in [1.82, 2.24) is 14.1 Å². The highest BCUT2D eigenvalue weighted by Gasteiger charge is 2.41. The zero-order valence-corrected chi connectivity index (χ0v) is 18.0. The Hall–Kier alpha value is -1.44. The molecule has 0 spiro atoms. The summed E-state index contributed by atoms with van der Waals surface area (Å²) in [5.41, 5.74) is 0. The third-order valence-electron chi connectivity index (χ3n) is 6.75. The van der Waals surface area contributed by atoms with Gasteiger partial charge in [-0.05, 0) is 56.8 Å². The van der Waals surface area contributed by atoms with Crippen molar-refractivity contribution < 1.29 is 13.2 Å². The van der Waals surface area contributed by atoms with Gasteiger partial charge in [0.2, 0.25) is 15.9 Å². The van der Waals surface area contributed by atoms with Crippen LogP contribution in [-0.2, 0) is 14.8 Å². The molecule has 6 nitrogen and oxygen atoms in total. The fourth-order valence-corrected chi connectivity index (χ4v) is 6.52. The lowest BCUT2D eigenvalue weighted by molar-refractivity contribution is -0.138. The van der Waals surface area contributed by atoms with Crippen LogP contribution < -0.4 is 0 Å². The van der Waals surface area contributed by atoms with Crippen LogP contribution in [0.1, 0.15) is 44.9 Å². The largest absolute Gasteiger partial charge is 0.339 e. The van der Waals surface area contributed by atoms with Crippen LogP contribution in [-0.4, -0.2) is 73.7 Å². The van der Waals surface area contributed by atoms with E-state index in [4.69, 9.17) is 0 Å². The van der Waals surface area contributed by atoms with E-state index >= 15 is 0 Å². The first kappa shape index (κ1) is 20.8. The number of sulfonamides is 1. The van der Waals surface area contributed by atoms with E-state index in [0.717, 1.165) is 32.5 Å². The van der Waals surface area contributed by atoms with Crippen LogP contribution in [0.2, 0.25) is 0 Å². The standard InChI is InChI=1S/C22H33N3O3S/c26-22(16-19-8-4-5-9-19)24-17-20(18-24)25(15-14-23-12-6-7-13-23)29(27,28)21-10-2-1-3-11-21/h1-3,10-11,19-20H,4-9,12-18H2. The molecule has 0 atom stereocenters. The minimum Gasteiger partial charge on any atom is -0.339 e. The molecule has 7 heteroatoms. The Morgan fingerprint density at radius 3 is 2.31 bits per heavy atom. The molecule has 1 aromatic carbocycles. The second-order valence-electron chi connectivity index (χ2n) is 8.78. The summed E-state index contributed by atoms with van der Waals surface area (Å²) in [7, 11) is -3.56. The third kappa shape index (κ3) is 4.84. The highest BCUT2D eigenvalue weighted by molar-refractivity contribution is 7.89. The van der Waals surface area contributed by atoms with Crippen molar-refractivity contribution in [2.75, 3.05) is 39.3 Å². The number of hydrogen-bond acceptors (Lipinski definition) is 4. The Kier molecular flexibility index (Phi) is 6.56. The Bertz CT molecular complexity index is 781. The van der Waals surface area contributed by atoms with Crippen LogP contribution in [0.15, 0.2) is 35.2 Å². The van der Waals surface area contributed by atoms with Crippen LogP contribution in [0.3, 0.4) is 0 Å². The molecule has 1 saturated carbocycles. The van der Waals surface area contributed by atoms with Gasteiger partial charge in [-0.3, -0.25) is 4.79 Å². The molecular formula is C22H33N3O3S. The number of amides is 1. The molecule has 2 saturated heterocycles. The summed E-state index contributed by atoms with van der Waals surface area (Å²) in [5, 5.41) is 0. The molecule has 1 aliphatic carbocycles. The average Bonchev–Trinajstić information content (AvgIpc) is 3.38. The van der Waals surface area contributed by atoms with Crippen LogP contribution >= 0.6 is 0 Å². The molecule has 0 bridgehead atoms. The van der Waals surface area contributed by atoms with Crippen LogP contribution in [0, 0.1) is 5.92 Å². The third-order valence-corrected chi connectivity index (χ3v) is 8.71. The topological polar surface area (TPSA) is 60.9 Å². The molecule has 1 amide bonds. The SMILES string of the molecule is O=C(CC1CCCC1)N1CC(N(CCN2CCCC2)S(=O)(=O)c2ccccc2)C1. The first-order valence-corrected chi connectivity index (χ1v) is 12.5. The summed E-state index contributed by atoms with van der Waals surface area (Å²) in [6.07, 6.45) is 7.81. The van der Waals surface area contributed by atoms with Crippen molar-refractivity contribution in [2.45, 2.75) is 55.9 Å². The number of carbonyl (C=O) groups excluding carboxylic acids is 1. The summed E-state index contributed by atoms with van der Waals surface area (Å²) >= 11 is 0. The number of likely N-dealkylation sites (tertiary alicyclic amines) is 2. The van der Waals surface area contributed by atoms with Crippen molar-refractivity contribution in [3.63, 3.8) is 0 Å². The predicted molar refractivity (Wildman–Crippen MR) is 113 cm³/mol. The molecule has 29 heavy (non-hydrogen) atoms. The maximum Gasteiger partial charge on any atom is 0.243 e. The summed E-state index contributed by atoms with van der Waals surface area (Å²) < 4.78 is 28.3. The number of rotatable bonds is 8. The smallest absolute Gasteiger partial charge is 0.243 e. The molecule has 0 unspecified atom stereocenters. The van der Waals surface area contributed by atoms with E-state index in [9.17, 15) is 13.2 Å². The average molecular weight is 420 g/mol. The van der Waals surface area contributed by atoms with Crippen molar-refractivity contribution >= 4 is 15.9 Å². The minimum absolute atomic E-state index is 0.115. The predicted octanol–water partition coefficient (Wildman–Crippen LogP) is 2.56. The summed E-state index contributed by atoms with van der Waals surface area (Å²) in [6.45, 7) is 4.41. The van der Waals surface area contributed by atoms with Gasteiger partial charge in [0, 0.05) is 32.6 Å². The monoisotopic (exact) mass is 419 g/mol. The fraction of sp³-hybridized carbons (Fsp3) is 0.682. The molecule has 2 heterocycles. The number of hydrogen-bond donors (Lipinski definition) is 0. The van der Waals surface area contributed by atoms with Gasteiger partial charge in [-0.2, -0.15) is 4.31 Å². The van der Waals surface area contributed by atoms with E-state index in [0.29, 0.717) is 36.9 Å². The molecule has 0 aromatic heterocycles. The van der Waals surface area contributed by atoms with Crippen molar-refractivity contribution in [3.8, 4) is 0 Å². The second kappa shape index (κ2) is 9.14. The lowest BCUT2D eigenvalue weighted by atomic mass is 10.0. The Morgan fingerprint density at radius 1 is 1.00 bits per heavy atom. The maximum atomic E-state index is 13.3. The Labute approximate surface area is 174 Å². The van der Waals surface area contributed by atoms with E-state index in [1.54, 1.807) is 28.6 Å². The van der Waals surface area contributed by atoms with Gasteiger partial charge in [0.15, 0.2) is 0 Å². The molecular weight excluding hydrogens is 386 g/mol. The lowest BCUT2D eigenvalue weighted by Crippen LogP contribution is -2.63. The zero-order valence-electron chi connectivity index (χ0n) is 17.2. The van der Waals surface area contributed by atoms with Crippen LogP contribution in [0.25, 0.3) is 0 Å². The van der Waals surface area contributed by atoms with E-state index in [1.165, 1.54) is 25.7 Å². The molecule has 4 rings (SSSR count). The first-order valence-electron chi connectivity index (χ1n) is 11.1.